The third kappa shape index (κ3) is 1.21. The van der Waals surface area contributed by atoms with E-state index in [1.165, 1.54) is 18.4 Å². The molecule has 2 heterocycles. The number of epoxide rings is 1. The Balaban J connectivity index is 1.80. The quantitative estimate of drug-likeness (QED) is 0.285. The number of hydrogen-bond acceptors (Lipinski definition) is 3. The minimum absolute atomic E-state index is 0.00386. The van der Waals surface area contributed by atoms with Crippen LogP contribution in [-0.4, -0.2) is 24.3 Å². The van der Waals surface area contributed by atoms with Gasteiger partial charge in [0.25, 0.3) is 0 Å². The number of carbonyl (C=O) groups is 1. The van der Waals surface area contributed by atoms with Crippen LogP contribution in [-0.2, 0) is 14.3 Å². The Bertz CT molecular complexity index is 486. The summed E-state index contributed by atoms with van der Waals surface area (Å²) in [4.78, 5) is 11.6. The van der Waals surface area contributed by atoms with Crippen molar-refractivity contribution in [3.8, 4) is 0 Å². The molecule has 4 atom stereocenters. The van der Waals surface area contributed by atoms with E-state index < -0.39 is 0 Å². The highest BCUT2D eigenvalue weighted by Crippen LogP contribution is 2.59. The van der Waals surface area contributed by atoms with Crippen molar-refractivity contribution in [2.75, 3.05) is 6.61 Å². The third-order valence-electron chi connectivity index (χ3n) is 5.26. The standard InChI is InChI=1S/C15H18O3/c1-9-10-6-12-14(2,7-11(10)18-13(9)16)4-3-5-15(12)8-17-15/h6,10-11H,1,3-5,7-8H2,2H3/t10-,11-,14-,15+/m1/s1. The number of esters is 1. The number of carbonyl (C=O) groups excluding carboxylic acids is 1. The van der Waals surface area contributed by atoms with E-state index in [4.69, 9.17) is 9.47 Å². The average molecular weight is 246 g/mol. The van der Waals surface area contributed by atoms with E-state index in [-0.39, 0.29) is 29.0 Å². The summed E-state index contributed by atoms with van der Waals surface area (Å²) >= 11 is 0. The molecule has 0 aromatic carbocycles. The summed E-state index contributed by atoms with van der Waals surface area (Å²) in [6, 6.07) is 0. The molecule has 0 aromatic heterocycles. The summed E-state index contributed by atoms with van der Waals surface area (Å²) < 4.78 is 11.2. The van der Waals surface area contributed by atoms with Crippen molar-refractivity contribution in [1.82, 2.24) is 0 Å². The molecule has 3 fully saturated rings. The van der Waals surface area contributed by atoms with Gasteiger partial charge >= 0.3 is 5.97 Å². The normalized spacial score (nSPS) is 49.5. The molecule has 2 aliphatic heterocycles. The maximum Gasteiger partial charge on any atom is 0.334 e. The second-order valence-electron chi connectivity index (χ2n) is 6.48. The van der Waals surface area contributed by atoms with E-state index in [0.717, 1.165) is 19.4 Å². The molecule has 0 radical (unpaired) electrons. The molecule has 96 valence electrons. The van der Waals surface area contributed by atoms with Gasteiger partial charge in [0.2, 0.25) is 0 Å². The molecule has 3 heteroatoms. The van der Waals surface area contributed by atoms with Crippen molar-refractivity contribution in [2.24, 2.45) is 11.3 Å². The zero-order chi connectivity index (χ0) is 12.5. The maximum absolute atomic E-state index is 11.6. The van der Waals surface area contributed by atoms with Gasteiger partial charge in [0, 0.05) is 11.5 Å². The lowest BCUT2D eigenvalue weighted by molar-refractivity contribution is -0.140. The lowest BCUT2D eigenvalue weighted by Crippen LogP contribution is -2.42. The maximum atomic E-state index is 11.6. The highest BCUT2D eigenvalue weighted by molar-refractivity contribution is 5.91. The minimum atomic E-state index is -0.213. The van der Waals surface area contributed by atoms with E-state index in [2.05, 4.69) is 19.6 Å². The Morgan fingerprint density at radius 2 is 2.22 bits per heavy atom. The number of rotatable bonds is 0. The van der Waals surface area contributed by atoms with Crippen LogP contribution in [0.15, 0.2) is 23.8 Å². The SMILES string of the molecule is C=C1C(=O)O[C@@H]2C[C@@]3(C)CCC[C@]4(CO4)C3=C[C@H]12. The fourth-order valence-electron chi connectivity index (χ4n) is 4.18. The molecule has 2 saturated heterocycles. The van der Waals surface area contributed by atoms with E-state index in [1.807, 2.05) is 0 Å². The Hall–Kier alpha value is -1.09. The second-order valence-corrected chi connectivity index (χ2v) is 6.48. The Kier molecular flexibility index (Phi) is 1.85. The number of ether oxygens (including phenoxy) is 2. The molecule has 0 N–H and O–H groups in total. The Morgan fingerprint density at radius 1 is 1.44 bits per heavy atom. The first-order valence-corrected chi connectivity index (χ1v) is 6.81. The molecule has 4 rings (SSSR count). The Labute approximate surface area is 107 Å². The molecule has 3 nitrogen and oxygen atoms in total. The predicted octanol–water partition coefficient (Wildman–Crippen LogP) is 2.37. The van der Waals surface area contributed by atoms with Crippen LogP contribution in [0.3, 0.4) is 0 Å². The lowest BCUT2D eigenvalue weighted by Gasteiger charge is -2.45. The summed E-state index contributed by atoms with van der Waals surface area (Å²) in [6.45, 7) is 7.04. The molecule has 0 amide bonds. The van der Waals surface area contributed by atoms with E-state index in [1.54, 1.807) is 0 Å². The van der Waals surface area contributed by atoms with E-state index in [0.29, 0.717) is 5.57 Å². The first-order valence-electron chi connectivity index (χ1n) is 6.81. The molecular weight excluding hydrogens is 228 g/mol. The fraction of sp³-hybridized carbons (Fsp3) is 0.667. The number of hydrogen-bond donors (Lipinski definition) is 0. The average Bonchev–Trinajstić information content (AvgIpc) is 3.02. The molecule has 0 bridgehead atoms. The summed E-state index contributed by atoms with van der Waals surface area (Å²) in [5.41, 5.74) is 2.20. The molecule has 0 unspecified atom stereocenters. The largest absolute Gasteiger partial charge is 0.458 e. The first kappa shape index (κ1) is 10.8. The minimum Gasteiger partial charge on any atom is -0.458 e. The molecule has 4 aliphatic rings. The van der Waals surface area contributed by atoms with Crippen molar-refractivity contribution >= 4 is 5.97 Å². The van der Waals surface area contributed by atoms with E-state index in [9.17, 15) is 4.79 Å². The van der Waals surface area contributed by atoms with Gasteiger partial charge in [0.1, 0.15) is 11.7 Å². The van der Waals surface area contributed by atoms with Gasteiger partial charge in [-0.1, -0.05) is 19.6 Å². The molecular formula is C15H18O3. The highest BCUT2D eigenvalue weighted by atomic mass is 16.6. The van der Waals surface area contributed by atoms with E-state index >= 15 is 0 Å². The van der Waals surface area contributed by atoms with Gasteiger partial charge in [-0.25, -0.2) is 4.79 Å². The first-order chi connectivity index (χ1) is 8.54. The smallest absolute Gasteiger partial charge is 0.334 e. The molecule has 1 saturated carbocycles. The van der Waals surface area contributed by atoms with Gasteiger partial charge in [-0.3, -0.25) is 0 Å². The van der Waals surface area contributed by atoms with Crippen LogP contribution in [0.25, 0.3) is 0 Å². The zero-order valence-electron chi connectivity index (χ0n) is 10.7. The molecule has 2 aliphatic carbocycles. The topological polar surface area (TPSA) is 38.8 Å². The molecule has 0 aromatic rings. The Morgan fingerprint density at radius 3 is 2.94 bits per heavy atom. The highest BCUT2D eigenvalue weighted by Gasteiger charge is 2.59. The van der Waals surface area contributed by atoms with Crippen molar-refractivity contribution < 1.29 is 14.3 Å². The van der Waals surface area contributed by atoms with Gasteiger partial charge in [-0.2, -0.15) is 0 Å². The lowest BCUT2D eigenvalue weighted by atomic mass is 9.59. The summed E-state index contributed by atoms with van der Waals surface area (Å²) in [7, 11) is 0. The molecule has 1 spiro atoms. The monoisotopic (exact) mass is 246 g/mol. The van der Waals surface area contributed by atoms with Gasteiger partial charge in [-0.15, -0.1) is 0 Å². The van der Waals surface area contributed by atoms with Crippen molar-refractivity contribution in [1.29, 1.82) is 0 Å². The van der Waals surface area contributed by atoms with Crippen LogP contribution in [0, 0.1) is 11.3 Å². The van der Waals surface area contributed by atoms with Crippen molar-refractivity contribution in [3.05, 3.63) is 23.8 Å². The van der Waals surface area contributed by atoms with Crippen LogP contribution in [0.5, 0.6) is 0 Å². The second kappa shape index (κ2) is 3.08. The van der Waals surface area contributed by atoms with Crippen LogP contribution in [0.1, 0.15) is 32.6 Å². The predicted molar refractivity (Wildman–Crippen MR) is 65.9 cm³/mol. The van der Waals surface area contributed by atoms with Crippen LogP contribution in [0.2, 0.25) is 0 Å². The van der Waals surface area contributed by atoms with Crippen molar-refractivity contribution in [2.45, 2.75) is 44.3 Å². The van der Waals surface area contributed by atoms with Gasteiger partial charge in [-0.05, 0) is 36.7 Å². The zero-order valence-corrected chi connectivity index (χ0v) is 10.7. The van der Waals surface area contributed by atoms with Gasteiger partial charge in [0.15, 0.2) is 0 Å². The van der Waals surface area contributed by atoms with Crippen molar-refractivity contribution in [3.63, 3.8) is 0 Å². The van der Waals surface area contributed by atoms with Crippen LogP contribution in [0.4, 0.5) is 0 Å². The molecule has 18 heavy (non-hydrogen) atoms. The van der Waals surface area contributed by atoms with Gasteiger partial charge < -0.3 is 9.47 Å². The van der Waals surface area contributed by atoms with Gasteiger partial charge in [0.05, 0.1) is 6.61 Å². The summed E-state index contributed by atoms with van der Waals surface area (Å²) in [5, 5.41) is 0. The van der Waals surface area contributed by atoms with Crippen LogP contribution >= 0.6 is 0 Å². The summed E-state index contributed by atoms with van der Waals surface area (Å²) in [5.74, 6) is -0.130. The summed E-state index contributed by atoms with van der Waals surface area (Å²) in [6.07, 6.45) is 6.70. The van der Waals surface area contributed by atoms with Crippen LogP contribution < -0.4 is 0 Å². The third-order valence-corrected chi connectivity index (χ3v) is 5.26. The number of fused-ring (bicyclic) bond motifs is 3. The fourth-order valence-corrected chi connectivity index (χ4v) is 4.18.